The van der Waals surface area contributed by atoms with E-state index in [0.29, 0.717) is 17.9 Å². The van der Waals surface area contributed by atoms with Gasteiger partial charge in [-0.25, -0.2) is 5.84 Å². The Kier molecular flexibility index (Phi) is 5.17. The van der Waals surface area contributed by atoms with Gasteiger partial charge in [0.1, 0.15) is 12.4 Å². The second-order valence-corrected chi connectivity index (χ2v) is 5.69. The number of amides is 1. The van der Waals surface area contributed by atoms with E-state index in [4.69, 9.17) is 10.6 Å². The quantitative estimate of drug-likeness (QED) is 0.418. The Morgan fingerprint density at radius 1 is 1.48 bits per heavy atom. The van der Waals surface area contributed by atoms with Gasteiger partial charge in [-0.1, -0.05) is 6.07 Å². The van der Waals surface area contributed by atoms with Crippen LogP contribution in [0.4, 0.5) is 0 Å². The number of benzene rings is 1. The number of ether oxygens (including phenoxy) is 1. The molecule has 0 radical (unpaired) electrons. The molecule has 0 aliphatic carbocycles. The van der Waals surface area contributed by atoms with Crippen molar-refractivity contribution < 1.29 is 14.6 Å². The molecule has 1 amide bonds. The number of hydrogen-bond donors (Lipinski definition) is 3. The molecule has 0 saturated carbocycles. The Morgan fingerprint density at radius 3 is 2.86 bits per heavy atom. The summed E-state index contributed by atoms with van der Waals surface area (Å²) in [6, 6.07) is 6.93. The molecule has 116 valence electrons. The highest BCUT2D eigenvalue weighted by Gasteiger charge is 2.26. The van der Waals surface area contributed by atoms with E-state index in [-0.39, 0.29) is 5.91 Å². The van der Waals surface area contributed by atoms with Crippen LogP contribution >= 0.6 is 0 Å². The first-order valence-electron chi connectivity index (χ1n) is 7.19. The van der Waals surface area contributed by atoms with Crippen molar-refractivity contribution in [2.45, 2.75) is 25.4 Å². The summed E-state index contributed by atoms with van der Waals surface area (Å²) in [4.78, 5) is 13.7. The minimum atomic E-state index is -0.527. The lowest BCUT2D eigenvalue weighted by molar-refractivity contribution is -0.00768. The van der Waals surface area contributed by atoms with Gasteiger partial charge in [0.2, 0.25) is 0 Å². The van der Waals surface area contributed by atoms with Gasteiger partial charge >= 0.3 is 0 Å². The summed E-state index contributed by atoms with van der Waals surface area (Å²) in [5.41, 5.74) is 2.05. The molecule has 1 fully saturated rings. The van der Waals surface area contributed by atoms with Crippen LogP contribution in [0.25, 0.3) is 0 Å². The summed E-state index contributed by atoms with van der Waals surface area (Å²) < 4.78 is 5.67. The predicted octanol–water partition coefficient (Wildman–Crippen LogP) is 0.516. The van der Waals surface area contributed by atoms with Gasteiger partial charge in [0.15, 0.2) is 0 Å². The molecule has 1 aliphatic rings. The highest BCUT2D eigenvalue weighted by atomic mass is 16.5. The maximum atomic E-state index is 11.4. The van der Waals surface area contributed by atoms with Crippen LogP contribution in [0, 0.1) is 0 Å². The number of nitrogens with two attached hydrogens (primary N) is 1. The van der Waals surface area contributed by atoms with Crippen LogP contribution in [-0.2, 0) is 0 Å². The van der Waals surface area contributed by atoms with Crippen molar-refractivity contribution in [3.05, 3.63) is 29.8 Å². The molecule has 6 nitrogen and oxygen atoms in total. The van der Waals surface area contributed by atoms with Crippen LogP contribution in [0.2, 0.25) is 0 Å². The molecule has 0 unspecified atom stereocenters. The van der Waals surface area contributed by atoms with Crippen molar-refractivity contribution in [2.75, 3.05) is 26.2 Å². The molecule has 0 atom stereocenters. The Hall–Kier alpha value is -1.63. The smallest absolute Gasteiger partial charge is 0.265 e. The van der Waals surface area contributed by atoms with Gasteiger partial charge in [0.25, 0.3) is 5.91 Å². The predicted molar refractivity (Wildman–Crippen MR) is 79.9 cm³/mol. The van der Waals surface area contributed by atoms with Crippen LogP contribution in [0.1, 0.15) is 30.1 Å². The summed E-state index contributed by atoms with van der Waals surface area (Å²) >= 11 is 0. The highest BCUT2D eigenvalue weighted by molar-refractivity contribution is 5.94. The van der Waals surface area contributed by atoms with Crippen molar-refractivity contribution >= 4 is 5.91 Å². The average molecular weight is 293 g/mol. The molecule has 1 saturated heterocycles. The molecular formula is C15H23N3O3. The third kappa shape index (κ3) is 4.70. The van der Waals surface area contributed by atoms with Crippen LogP contribution in [0.5, 0.6) is 5.75 Å². The number of hydrogen-bond acceptors (Lipinski definition) is 5. The molecule has 2 rings (SSSR count). The minimum Gasteiger partial charge on any atom is -0.492 e. The molecule has 0 bridgehead atoms. The molecule has 1 aromatic rings. The number of rotatable bonds is 5. The van der Waals surface area contributed by atoms with Crippen molar-refractivity contribution in [3.8, 4) is 5.75 Å². The molecule has 21 heavy (non-hydrogen) atoms. The van der Waals surface area contributed by atoms with E-state index in [1.54, 1.807) is 18.2 Å². The third-order valence-corrected chi connectivity index (χ3v) is 3.84. The van der Waals surface area contributed by atoms with E-state index in [2.05, 4.69) is 10.3 Å². The number of carbonyl (C=O) groups excluding carboxylic acids is 1. The first-order chi connectivity index (χ1) is 10.00. The number of aliphatic hydroxyl groups is 1. The number of nitrogens with one attached hydrogen (secondary N) is 1. The van der Waals surface area contributed by atoms with Crippen LogP contribution in [-0.4, -0.2) is 47.8 Å². The Balaban J connectivity index is 1.77. The number of likely N-dealkylation sites (tertiary alicyclic amines) is 1. The Morgan fingerprint density at radius 2 is 2.19 bits per heavy atom. The number of nitrogens with zero attached hydrogens (tertiary/aromatic N) is 1. The fourth-order valence-corrected chi connectivity index (χ4v) is 2.36. The second kappa shape index (κ2) is 6.89. The van der Waals surface area contributed by atoms with Gasteiger partial charge in [-0.2, -0.15) is 0 Å². The van der Waals surface area contributed by atoms with Crippen LogP contribution in [0.3, 0.4) is 0 Å². The molecule has 0 spiro atoms. The molecule has 1 heterocycles. The topological polar surface area (TPSA) is 87.8 Å². The van der Waals surface area contributed by atoms with Crippen molar-refractivity contribution in [1.82, 2.24) is 10.3 Å². The summed E-state index contributed by atoms with van der Waals surface area (Å²) in [5, 5.41) is 9.90. The van der Waals surface area contributed by atoms with Gasteiger partial charge in [-0.15, -0.1) is 0 Å². The molecule has 4 N–H and O–H groups in total. The zero-order valence-electron chi connectivity index (χ0n) is 12.3. The molecule has 1 aromatic carbocycles. The van der Waals surface area contributed by atoms with Crippen LogP contribution in [0.15, 0.2) is 24.3 Å². The van der Waals surface area contributed by atoms with Gasteiger partial charge in [0.05, 0.1) is 5.60 Å². The lowest BCUT2D eigenvalue weighted by Crippen LogP contribution is -2.43. The summed E-state index contributed by atoms with van der Waals surface area (Å²) in [6.07, 6.45) is 1.58. The zero-order valence-corrected chi connectivity index (χ0v) is 12.3. The lowest BCUT2D eigenvalue weighted by Gasteiger charge is -2.35. The highest BCUT2D eigenvalue weighted by Crippen LogP contribution is 2.21. The number of carbonyl (C=O) groups is 1. The normalized spacial score (nSPS) is 18.2. The molecule has 6 heteroatoms. The van der Waals surface area contributed by atoms with E-state index in [1.807, 2.05) is 13.0 Å². The monoisotopic (exact) mass is 293 g/mol. The average Bonchev–Trinajstić information content (AvgIpc) is 2.48. The maximum absolute atomic E-state index is 11.4. The van der Waals surface area contributed by atoms with Crippen molar-refractivity contribution in [3.63, 3.8) is 0 Å². The van der Waals surface area contributed by atoms with Crippen molar-refractivity contribution in [2.24, 2.45) is 5.84 Å². The zero-order chi connectivity index (χ0) is 15.3. The van der Waals surface area contributed by atoms with Gasteiger partial charge in [-0.05, 0) is 38.0 Å². The minimum absolute atomic E-state index is 0.335. The van der Waals surface area contributed by atoms with E-state index in [0.717, 1.165) is 32.5 Å². The number of piperidine rings is 1. The van der Waals surface area contributed by atoms with E-state index >= 15 is 0 Å². The number of hydrazine groups is 1. The Bertz CT molecular complexity index is 481. The second-order valence-electron chi connectivity index (χ2n) is 5.69. The van der Waals surface area contributed by atoms with E-state index in [1.165, 1.54) is 0 Å². The number of nitrogen functional groups attached to an aromatic ring is 1. The van der Waals surface area contributed by atoms with Crippen molar-refractivity contribution in [1.29, 1.82) is 0 Å². The lowest BCUT2D eigenvalue weighted by atomic mass is 9.94. The Labute approximate surface area is 124 Å². The van der Waals surface area contributed by atoms with Gasteiger partial charge < -0.3 is 9.84 Å². The van der Waals surface area contributed by atoms with E-state index < -0.39 is 5.60 Å². The summed E-state index contributed by atoms with van der Waals surface area (Å²) in [5.74, 6) is 5.42. The summed E-state index contributed by atoms with van der Waals surface area (Å²) in [7, 11) is 0. The molecule has 0 aromatic heterocycles. The van der Waals surface area contributed by atoms with Gasteiger partial charge in [0, 0.05) is 25.2 Å². The van der Waals surface area contributed by atoms with Gasteiger partial charge in [-0.3, -0.25) is 15.1 Å². The standard InChI is InChI=1S/C15H23N3O3/c1-15(20)5-7-18(8-6-15)9-10-21-13-4-2-3-12(11-13)14(19)17-16/h2-4,11,20H,5-10,16H2,1H3,(H,17,19). The molecule has 1 aliphatic heterocycles. The van der Waals surface area contributed by atoms with Crippen LogP contribution < -0.4 is 16.0 Å². The fraction of sp³-hybridized carbons (Fsp3) is 0.533. The SMILES string of the molecule is CC1(O)CCN(CCOc2cccc(C(=O)NN)c2)CC1. The first kappa shape index (κ1) is 15.8. The first-order valence-corrected chi connectivity index (χ1v) is 7.19. The molecular weight excluding hydrogens is 270 g/mol. The summed E-state index contributed by atoms with van der Waals surface area (Å²) in [6.45, 7) is 5.01. The van der Waals surface area contributed by atoms with E-state index in [9.17, 15) is 9.90 Å². The third-order valence-electron chi connectivity index (χ3n) is 3.84. The fourth-order valence-electron chi connectivity index (χ4n) is 2.36. The maximum Gasteiger partial charge on any atom is 0.265 e. The largest absolute Gasteiger partial charge is 0.492 e.